The molecule has 0 aliphatic rings. The molecular formula is C22H18ClN3OS3. The highest BCUT2D eigenvalue weighted by molar-refractivity contribution is 8.03. The SMILES string of the molecule is Cc1ccc(Cl)cc1NC(=O)CSc1nnc(SCc2cccc3ccccc23)s1. The Morgan fingerprint density at radius 2 is 1.80 bits per heavy atom. The van der Waals surface area contributed by atoms with Crippen molar-refractivity contribution in [1.29, 1.82) is 0 Å². The van der Waals surface area contributed by atoms with E-state index in [2.05, 4.69) is 58.0 Å². The molecule has 0 saturated carbocycles. The molecule has 0 radical (unpaired) electrons. The molecule has 4 rings (SSSR count). The lowest BCUT2D eigenvalue weighted by atomic mass is 10.1. The van der Waals surface area contributed by atoms with Crippen LogP contribution in [0.25, 0.3) is 10.8 Å². The van der Waals surface area contributed by atoms with Gasteiger partial charge in [0.2, 0.25) is 5.91 Å². The van der Waals surface area contributed by atoms with E-state index < -0.39 is 0 Å². The molecule has 1 aromatic heterocycles. The Hall–Kier alpha value is -2.06. The van der Waals surface area contributed by atoms with Gasteiger partial charge < -0.3 is 5.32 Å². The number of nitrogens with zero attached hydrogens (tertiary/aromatic N) is 2. The third-order valence-corrected chi connectivity index (χ3v) is 7.89. The fourth-order valence-electron chi connectivity index (χ4n) is 2.91. The Morgan fingerprint density at radius 1 is 1.03 bits per heavy atom. The molecule has 0 atom stereocenters. The van der Waals surface area contributed by atoms with Gasteiger partial charge in [0.1, 0.15) is 0 Å². The molecule has 0 aliphatic heterocycles. The van der Waals surface area contributed by atoms with Crippen LogP contribution in [0.5, 0.6) is 0 Å². The number of anilines is 1. The second-order valence-corrected chi connectivity index (χ2v) is 10.4. The van der Waals surface area contributed by atoms with E-state index >= 15 is 0 Å². The highest BCUT2D eigenvalue weighted by Gasteiger charge is 2.11. The smallest absolute Gasteiger partial charge is 0.234 e. The summed E-state index contributed by atoms with van der Waals surface area (Å²) in [5.41, 5.74) is 2.98. The van der Waals surface area contributed by atoms with Crippen LogP contribution in [0.3, 0.4) is 0 Å². The Labute approximate surface area is 192 Å². The van der Waals surface area contributed by atoms with Crippen LogP contribution in [0.15, 0.2) is 69.3 Å². The standard InChI is InChI=1S/C22H18ClN3OS3/c1-14-9-10-17(23)11-19(14)24-20(27)13-29-22-26-25-21(30-22)28-12-16-7-4-6-15-5-2-3-8-18(15)16/h2-11H,12-13H2,1H3,(H,24,27). The third-order valence-electron chi connectivity index (χ3n) is 4.42. The number of hydrogen-bond donors (Lipinski definition) is 1. The fraction of sp³-hybridized carbons (Fsp3) is 0.136. The van der Waals surface area contributed by atoms with Crippen LogP contribution >= 0.6 is 46.5 Å². The summed E-state index contributed by atoms with van der Waals surface area (Å²) in [6.45, 7) is 1.93. The van der Waals surface area contributed by atoms with Crippen LogP contribution in [0.1, 0.15) is 11.1 Å². The van der Waals surface area contributed by atoms with Crippen LogP contribution < -0.4 is 5.32 Å². The summed E-state index contributed by atoms with van der Waals surface area (Å²) < 4.78 is 1.69. The number of amides is 1. The number of rotatable bonds is 7. The molecular weight excluding hydrogens is 454 g/mol. The van der Waals surface area contributed by atoms with Gasteiger partial charge in [-0.1, -0.05) is 95.0 Å². The van der Waals surface area contributed by atoms with E-state index in [1.54, 1.807) is 23.9 Å². The molecule has 0 unspecified atom stereocenters. The zero-order valence-electron chi connectivity index (χ0n) is 16.1. The van der Waals surface area contributed by atoms with E-state index in [4.69, 9.17) is 11.6 Å². The molecule has 1 heterocycles. The zero-order chi connectivity index (χ0) is 20.9. The Morgan fingerprint density at radius 3 is 2.67 bits per heavy atom. The van der Waals surface area contributed by atoms with Crippen molar-refractivity contribution in [2.75, 3.05) is 11.1 Å². The number of aryl methyl sites for hydroxylation is 1. The van der Waals surface area contributed by atoms with Gasteiger partial charge in [0.25, 0.3) is 0 Å². The number of carbonyl (C=O) groups excluding carboxylic acids is 1. The summed E-state index contributed by atoms with van der Waals surface area (Å²) in [6.07, 6.45) is 0. The number of hydrogen-bond acceptors (Lipinski definition) is 6. The zero-order valence-corrected chi connectivity index (χ0v) is 19.3. The highest BCUT2D eigenvalue weighted by atomic mass is 35.5. The minimum Gasteiger partial charge on any atom is -0.325 e. The second-order valence-electron chi connectivity index (χ2n) is 6.56. The fourth-order valence-corrected chi connectivity index (χ4v) is 5.91. The molecule has 0 fully saturated rings. The molecule has 1 N–H and O–H groups in total. The molecule has 8 heteroatoms. The normalized spacial score (nSPS) is 11.0. The van der Waals surface area contributed by atoms with Gasteiger partial charge in [0, 0.05) is 16.5 Å². The number of aromatic nitrogens is 2. The van der Waals surface area contributed by atoms with Gasteiger partial charge in [-0.05, 0) is 41.0 Å². The summed E-state index contributed by atoms with van der Waals surface area (Å²) in [5.74, 6) is 1.01. The first-order valence-electron chi connectivity index (χ1n) is 9.20. The lowest BCUT2D eigenvalue weighted by Crippen LogP contribution is -2.14. The lowest BCUT2D eigenvalue weighted by Gasteiger charge is -2.08. The molecule has 4 nitrogen and oxygen atoms in total. The highest BCUT2D eigenvalue weighted by Crippen LogP contribution is 2.32. The minimum absolute atomic E-state index is 0.0921. The van der Waals surface area contributed by atoms with Crippen molar-refractivity contribution in [1.82, 2.24) is 10.2 Å². The number of halogens is 1. The summed E-state index contributed by atoms with van der Waals surface area (Å²) >= 11 is 10.6. The average molecular weight is 472 g/mol. The number of thioether (sulfide) groups is 2. The summed E-state index contributed by atoms with van der Waals surface area (Å²) in [6, 6.07) is 20.2. The van der Waals surface area contributed by atoms with E-state index in [9.17, 15) is 4.79 Å². The van der Waals surface area contributed by atoms with Crippen molar-refractivity contribution < 1.29 is 4.79 Å². The number of fused-ring (bicyclic) bond motifs is 1. The summed E-state index contributed by atoms with van der Waals surface area (Å²) in [7, 11) is 0. The van der Waals surface area contributed by atoms with Crippen LogP contribution in [0.4, 0.5) is 5.69 Å². The van der Waals surface area contributed by atoms with Gasteiger partial charge in [-0.15, -0.1) is 10.2 Å². The molecule has 0 aliphatic carbocycles. The monoisotopic (exact) mass is 471 g/mol. The first-order chi connectivity index (χ1) is 14.6. The van der Waals surface area contributed by atoms with Crippen LogP contribution in [-0.4, -0.2) is 21.9 Å². The maximum atomic E-state index is 12.3. The topological polar surface area (TPSA) is 54.9 Å². The third kappa shape index (κ3) is 5.35. The van der Waals surface area contributed by atoms with Crippen molar-refractivity contribution in [3.8, 4) is 0 Å². The van der Waals surface area contributed by atoms with Gasteiger partial charge in [-0.25, -0.2) is 0 Å². The van der Waals surface area contributed by atoms with E-state index in [0.29, 0.717) is 5.02 Å². The van der Waals surface area contributed by atoms with Crippen molar-refractivity contribution >= 4 is 68.8 Å². The minimum atomic E-state index is -0.0921. The first kappa shape index (κ1) is 21.2. The first-order valence-corrected chi connectivity index (χ1v) is 12.4. The number of benzene rings is 3. The molecule has 0 bridgehead atoms. The Balaban J connectivity index is 1.32. The van der Waals surface area contributed by atoms with Crippen LogP contribution in [0, 0.1) is 6.92 Å². The quantitative estimate of drug-likeness (QED) is 0.305. The van der Waals surface area contributed by atoms with Gasteiger partial charge in [-0.2, -0.15) is 0 Å². The van der Waals surface area contributed by atoms with E-state index in [1.807, 2.05) is 13.0 Å². The van der Waals surface area contributed by atoms with Gasteiger partial charge >= 0.3 is 0 Å². The molecule has 3 aromatic carbocycles. The van der Waals surface area contributed by atoms with Gasteiger partial charge in [0.05, 0.1) is 5.75 Å². The van der Waals surface area contributed by atoms with E-state index in [1.165, 1.54) is 39.4 Å². The molecule has 1 amide bonds. The largest absolute Gasteiger partial charge is 0.325 e. The Kier molecular flexibility index (Phi) is 6.94. The number of nitrogens with one attached hydrogen (secondary N) is 1. The summed E-state index contributed by atoms with van der Waals surface area (Å²) in [4.78, 5) is 12.3. The van der Waals surface area contributed by atoms with Crippen molar-refractivity contribution in [2.45, 2.75) is 21.4 Å². The van der Waals surface area contributed by atoms with Gasteiger partial charge in [-0.3, -0.25) is 4.79 Å². The molecule has 0 saturated heterocycles. The van der Waals surface area contributed by atoms with Crippen LogP contribution in [0.2, 0.25) is 5.02 Å². The predicted octanol–water partition coefficient (Wildman–Crippen LogP) is 6.68. The summed E-state index contributed by atoms with van der Waals surface area (Å²) in [5, 5.41) is 14.5. The van der Waals surface area contributed by atoms with Crippen molar-refractivity contribution in [2.24, 2.45) is 0 Å². The van der Waals surface area contributed by atoms with Crippen molar-refractivity contribution in [3.05, 3.63) is 76.8 Å². The molecule has 4 aromatic rings. The molecule has 30 heavy (non-hydrogen) atoms. The van der Waals surface area contributed by atoms with E-state index in [-0.39, 0.29) is 11.7 Å². The van der Waals surface area contributed by atoms with Crippen LogP contribution in [-0.2, 0) is 10.5 Å². The number of carbonyl (C=O) groups is 1. The maximum Gasteiger partial charge on any atom is 0.234 e. The van der Waals surface area contributed by atoms with Gasteiger partial charge in [0.15, 0.2) is 8.68 Å². The second kappa shape index (κ2) is 9.83. The average Bonchev–Trinajstić information content (AvgIpc) is 3.21. The lowest BCUT2D eigenvalue weighted by molar-refractivity contribution is -0.113. The van der Waals surface area contributed by atoms with Crippen molar-refractivity contribution in [3.63, 3.8) is 0 Å². The molecule has 0 spiro atoms. The maximum absolute atomic E-state index is 12.3. The molecule has 152 valence electrons. The predicted molar refractivity (Wildman–Crippen MR) is 129 cm³/mol. The van der Waals surface area contributed by atoms with E-state index in [0.717, 1.165) is 25.7 Å². The Bertz CT molecular complexity index is 1190.